The lowest BCUT2D eigenvalue weighted by Gasteiger charge is -2.28. The number of imidazole rings is 2. The van der Waals surface area contributed by atoms with Gasteiger partial charge in [-0.05, 0) is 0 Å². The number of aliphatic hydroxyl groups excluding tert-OH is 3. The Morgan fingerprint density at radius 3 is 2.24 bits per heavy atom. The third-order valence-electron chi connectivity index (χ3n) is 12.3. The topological polar surface area (TPSA) is 521 Å². The minimum Gasteiger partial charge on any atom is -0.387 e. The lowest BCUT2D eigenvalue weighted by Crippen LogP contribution is -2.45. The van der Waals surface area contributed by atoms with Crippen LogP contribution in [-0.4, -0.2) is 179 Å². The van der Waals surface area contributed by atoms with Crippen LogP contribution in [0.3, 0.4) is 0 Å². The van der Waals surface area contributed by atoms with Gasteiger partial charge in [-0.15, -0.1) is 4.86 Å². The molecule has 5 aromatic heterocycles. The maximum Gasteiger partial charge on any atom is 0.480 e. The monoisotopic (exact) mass is 1160 g/mol. The number of hydrogen-bond donors (Lipinski definition) is 12. The number of aromatic amines is 2. The zero-order chi connectivity index (χ0) is 55.6. The Kier molecular flexibility index (Phi) is 16.3. The fourth-order valence-electron chi connectivity index (χ4n) is 8.77. The number of ether oxygens (including phenoxy) is 4. The van der Waals surface area contributed by atoms with Crippen molar-refractivity contribution in [1.82, 2.24) is 53.4 Å². The molecule has 1 amide bonds. The van der Waals surface area contributed by atoms with Crippen LogP contribution < -0.4 is 37.7 Å². The fourth-order valence-corrected chi connectivity index (χ4v) is 14.5. The van der Waals surface area contributed by atoms with Gasteiger partial charge in [0.15, 0.2) is 30.2 Å². The predicted octanol–water partition coefficient (Wildman–Crippen LogP) is -4.50. The van der Waals surface area contributed by atoms with E-state index in [-0.39, 0.29) is 34.1 Å². The highest BCUT2D eigenvalue weighted by Gasteiger charge is 2.58. The van der Waals surface area contributed by atoms with Crippen molar-refractivity contribution >= 4 is 70.9 Å². The van der Waals surface area contributed by atoms with Crippen molar-refractivity contribution in [2.75, 3.05) is 52.5 Å². The van der Waals surface area contributed by atoms with Gasteiger partial charge in [0.05, 0.1) is 39.3 Å². The zero-order valence-corrected chi connectivity index (χ0v) is 43.4. The Balaban J connectivity index is 0.969. The number of nitrogen functional groups attached to an aromatic ring is 2. The Morgan fingerprint density at radius 2 is 1.55 bits per heavy atom. The number of rotatable bonds is 20. The van der Waals surface area contributed by atoms with Crippen molar-refractivity contribution in [1.29, 1.82) is 0 Å². The quantitative estimate of drug-likeness (QED) is 0.0258. The van der Waals surface area contributed by atoms with Crippen LogP contribution in [0.4, 0.5) is 11.8 Å². The molecule has 5 aromatic rings. The first-order valence-corrected chi connectivity index (χ1v) is 28.3. The summed E-state index contributed by atoms with van der Waals surface area (Å²) in [5.41, 5.74) is 7.20. The van der Waals surface area contributed by atoms with Crippen LogP contribution in [0, 0.1) is 5.92 Å². The first kappa shape index (κ1) is 57.1. The van der Waals surface area contributed by atoms with Crippen molar-refractivity contribution in [3.05, 3.63) is 62.4 Å². The molecular formula is C35H51N14O23P4+. The van der Waals surface area contributed by atoms with Crippen LogP contribution >= 0.6 is 30.9 Å². The molecule has 8 rings (SSSR count). The number of nitrogens with zero attached hydrogens (tertiary/aromatic N) is 9. The first-order valence-electron chi connectivity index (χ1n) is 22.0. The SMILES string of the molecule is CO[C@@H]1[C@H](P(=O)(O)OC[C@H]2O[C@@H](n3ccc(=O)[nH]c3=O)[C@H](O)[C@@H]2O)[C@@H](COP(=O)(O)OP(=O)(O)NP(=O)(O)OC[C@H]2OC([n+]3cn(C)c4c(=O)[nH]c(N)nc43)[C@H](O)[C@@H]2CC(=O)N(C)C)O[C@H]1n1cnc2c(N)ncnc21. The smallest absolute Gasteiger partial charge is 0.387 e. The molecule has 76 heavy (non-hydrogen) atoms. The first-order chi connectivity index (χ1) is 35.5. The van der Waals surface area contributed by atoms with Gasteiger partial charge >= 0.3 is 42.2 Å². The number of phosphoric acid groups is 1. The second-order valence-corrected chi connectivity index (χ2v) is 24.5. The van der Waals surface area contributed by atoms with E-state index in [1.54, 1.807) is 0 Å². The number of nitrogens with two attached hydrogens (primary N) is 2. The van der Waals surface area contributed by atoms with Crippen LogP contribution in [0.5, 0.6) is 0 Å². The largest absolute Gasteiger partial charge is 0.480 e. The van der Waals surface area contributed by atoms with E-state index in [4.69, 9.17) is 44.0 Å². The molecule has 0 aliphatic carbocycles. The van der Waals surface area contributed by atoms with E-state index in [1.165, 1.54) is 50.9 Å². The lowest BCUT2D eigenvalue weighted by molar-refractivity contribution is -0.745. The second kappa shape index (κ2) is 21.6. The van der Waals surface area contributed by atoms with Crippen molar-refractivity contribution in [2.24, 2.45) is 13.0 Å². The summed E-state index contributed by atoms with van der Waals surface area (Å²) in [5.74, 6) is -2.15. The van der Waals surface area contributed by atoms with Crippen molar-refractivity contribution in [2.45, 2.75) is 73.5 Å². The van der Waals surface area contributed by atoms with E-state index in [1.807, 2.05) is 4.98 Å². The predicted molar refractivity (Wildman–Crippen MR) is 250 cm³/mol. The number of carbonyl (C=O) groups excluding carboxylic acids is 1. The number of fused-ring (bicyclic) bond motifs is 2. The van der Waals surface area contributed by atoms with Gasteiger partial charge < -0.3 is 74.7 Å². The van der Waals surface area contributed by atoms with E-state index < -0.39 is 153 Å². The molecule has 5 unspecified atom stereocenters. The normalized spacial score (nSPS) is 30.0. The van der Waals surface area contributed by atoms with Crippen LogP contribution in [0.2, 0.25) is 0 Å². The average Bonchev–Trinajstić information content (AvgIpc) is 4.13. The minimum atomic E-state index is -6.00. The molecule has 3 aliphatic heterocycles. The van der Waals surface area contributed by atoms with Crippen molar-refractivity contribution in [3.8, 4) is 0 Å². The van der Waals surface area contributed by atoms with Gasteiger partial charge in [-0.2, -0.15) is 4.31 Å². The maximum atomic E-state index is 14.3. The molecule has 3 saturated heterocycles. The molecule has 0 bridgehead atoms. The highest BCUT2D eigenvalue weighted by Crippen LogP contribution is 2.63. The molecule has 41 heteroatoms. The number of carbonyl (C=O) groups is 1. The van der Waals surface area contributed by atoms with E-state index in [0.29, 0.717) is 0 Å². The number of H-pyrrole nitrogens is 2. The van der Waals surface area contributed by atoms with E-state index in [2.05, 4.69) is 29.2 Å². The average molecular weight is 1160 g/mol. The number of aryl methyl sites for hydroxylation is 1. The van der Waals surface area contributed by atoms with Crippen LogP contribution in [-0.2, 0) is 66.9 Å². The third-order valence-corrected chi connectivity index (χ3v) is 18.9. The standard InChI is InChI=1S/C35H50N14O23P4/c1-45(2)19(51)7-14-15(69-31(22(14)52)49-13-46(3)21-29(49)42-34(37)43-30(21)55)8-67-74(59,60)44-75(61,62)72-76(63,64)68-10-17-26(25(65-4)33(71-17)48-12-40-20-27(36)38-11-39-28(20)48)73(57,58)66-9-16-23(53)24(54)32(70-16)47-6-5-18(50)41-35(47)56/h5-6,11-17,22-26,31-33,52-54H,7-10H2,1-4H3,(H10-,36,37,38,39,41,42,43,44,50,55,56,57,58,59,60,61,62,63,64)/p+1/t14-,15-,16-,17-,22-,23-,24-,25-,26-,31?,32-,33-/m1/s1. The van der Waals surface area contributed by atoms with E-state index >= 15 is 0 Å². The molecule has 8 heterocycles. The molecule has 3 aliphatic rings. The number of methoxy groups -OCH3 is 1. The number of amides is 1. The van der Waals surface area contributed by atoms with E-state index in [0.717, 1.165) is 36.6 Å². The number of hydrogen-bond acceptors (Lipinski definition) is 25. The second-order valence-electron chi connectivity index (χ2n) is 17.5. The number of aromatic nitrogens is 10. The molecule has 14 N–H and O–H groups in total. The van der Waals surface area contributed by atoms with Crippen LogP contribution in [0.15, 0.2) is 45.6 Å². The van der Waals surface area contributed by atoms with Gasteiger partial charge in [-0.1, -0.05) is 4.98 Å². The summed E-state index contributed by atoms with van der Waals surface area (Å²) in [4.78, 5) is 116. The molecule has 16 atom stereocenters. The number of phosphoric ester groups is 1. The number of anilines is 2. The number of aliphatic hydroxyl groups is 3. The summed E-state index contributed by atoms with van der Waals surface area (Å²) in [6.07, 6.45) is -12.5. The van der Waals surface area contributed by atoms with Gasteiger partial charge in [0.25, 0.3) is 17.1 Å². The van der Waals surface area contributed by atoms with Crippen molar-refractivity contribution in [3.63, 3.8) is 0 Å². The molecule has 0 spiro atoms. The van der Waals surface area contributed by atoms with Gasteiger partial charge in [0.1, 0.15) is 54.1 Å². The molecule has 0 aromatic carbocycles. The highest BCUT2D eigenvalue weighted by molar-refractivity contribution is 7.71. The van der Waals surface area contributed by atoms with Gasteiger partial charge in [-0.25, -0.2) is 38.0 Å². The Labute approximate surface area is 424 Å². The molecule has 37 nitrogen and oxygen atoms in total. The van der Waals surface area contributed by atoms with Gasteiger partial charge in [0.2, 0.25) is 17.7 Å². The Hall–Kier alpha value is -5.07. The molecule has 0 saturated carbocycles. The summed E-state index contributed by atoms with van der Waals surface area (Å²) >= 11 is 0. The molecule has 0 radical (unpaired) electrons. The van der Waals surface area contributed by atoms with Crippen molar-refractivity contribution < 1.29 is 99.3 Å². The summed E-state index contributed by atoms with van der Waals surface area (Å²) in [6.45, 7) is -3.29. The molecule has 3 fully saturated rings. The molecular weight excluding hydrogens is 1110 g/mol. The minimum absolute atomic E-state index is 0.000158. The third kappa shape index (κ3) is 11.7. The summed E-state index contributed by atoms with van der Waals surface area (Å²) < 4.78 is 102. The van der Waals surface area contributed by atoms with Crippen LogP contribution in [0.1, 0.15) is 25.1 Å². The van der Waals surface area contributed by atoms with Gasteiger partial charge in [-0.3, -0.25) is 51.7 Å². The summed E-state index contributed by atoms with van der Waals surface area (Å²) in [6, 6.07) is 0.925. The van der Waals surface area contributed by atoms with Gasteiger partial charge in [0, 0.05) is 45.8 Å². The molecule has 418 valence electrons. The number of nitrogens with one attached hydrogen (secondary N) is 3. The zero-order valence-electron chi connectivity index (χ0n) is 39.8. The Morgan fingerprint density at radius 1 is 0.868 bits per heavy atom. The van der Waals surface area contributed by atoms with Crippen LogP contribution in [0.25, 0.3) is 22.3 Å². The Bertz CT molecular complexity index is 3390. The highest BCUT2D eigenvalue weighted by atomic mass is 31.3. The lowest BCUT2D eigenvalue weighted by atomic mass is 9.94. The van der Waals surface area contributed by atoms with E-state index in [9.17, 15) is 72.3 Å². The summed E-state index contributed by atoms with van der Waals surface area (Å²) in [7, 11) is -17.5. The summed E-state index contributed by atoms with van der Waals surface area (Å²) in [5, 5.41) is 33.0. The fraction of sp³-hybridized carbons (Fsp3) is 0.571. The maximum absolute atomic E-state index is 14.3.